The molecule has 7 heteroatoms. The SMILES string of the molecule is O=C(O)c1cc(C(=O)O)cc(P(O)O)c1. The molecule has 1 aromatic rings. The summed E-state index contributed by atoms with van der Waals surface area (Å²) >= 11 is 0. The molecule has 0 aliphatic rings. The van der Waals surface area contributed by atoms with E-state index in [1.54, 1.807) is 0 Å². The number of hydrogen-bond donors (Lipinski definition) is 4. The molecule has 0 aliphatic heterocycles. The van der Waals surface area contributed by atoms with E-state index < -0.39 is 20.3 Å². The molecule has 0 fully saturated rings. The van der Waals surface area contributed by atoms with Crippen LogP contribution in [0.15, 0.2) is 18.2 Å². The second-order valence-corrected chi connectivity index (χ2v) is 3.76. The average molecular weight is 230 g/mol. The zero-order chi connectivity index (χ0) is 11.6. The number of aromatic carboxylic acids is 2. The monoisotopic (exact) mass is 230 g/mol. The van der Waals surface area contributed by atoms with Crippen LogP contribution in [0.4, 0.5) is 0 Å². The Kier molecular flexibility index (Phi) is 3.36. The minimum Gasteiger partial charge on any atom is -0.478 e. The number of benzene rings is 1. The molecular weight excluding hydrogens is 223 g/mol. The maximum Gasteiger partial charge on any atom is 0.335 e. The highest BCUT2D eigenvalue weighted by Crippen LogP contribution is 2.23. The van der Waals surface area contributed by atoms with Gasteiger partial charge in [0.05, 0.1) is 11.1 Å². The van der Waals surface area contributed by atoms with E-state index in [-0.39, 0.29) is 16.4 Å². The quantitative estimate of drug-likeness (QED) is 0.543. The molecule has 0 amide bonds. The number of carboxylic acids is 2. The molecule has 0 aliphatic carbocycles. The van der Waals surface area contributed by atoms with Crippen molar-refractivity contribution in [3.05, 3.63) is 29.3 Å². The third-order valence-electron chi connectivity index (χ3n) is 1.64. The summed E-state index contributed by atoms with van der Waals surface area (Å²) in [5.74, 6) is -2.65. The summed E-state index contributed by atoms with van der Waals surface area (Å²) in [5.41, 5.74) is -0.582. The van der Waals surface area contributed by atoms with Crippen LogP contribution >= 0.6 is 8.38 Å². The van der Waals surface area contributed by atoms with Gasteiger partial charge in [0, 0.05) is 5.30 Å². The largest absolute Gasteiger partial charge is 0.478 e. The summed E-state index contributed by atoms with van der Waals surface area (Å²) in [4.78, 5) is 38.9. The van der Waals surface area contributed by atoms with Crippen molar-refractivity contribution in [1.29, 1.82) is 0 Å². The molecule has 6 nitrogen and oxygen atoms in total. The molecule has 80 valence electrons. The topological polar surface area (TPSA) is 115 Å². The highest BCUT2D eigenvalue weighted by atomic mass is 31.2. The lowest BCUT2D eigenvalue weighted by Crippen LogP contribution is -2.10. The molecular formula is C8H7O6P. The molecule has 4 N–H and O–H groups in total. The summed E-state index contributed by atoms with van der Waals surface area (Å²) in [7, 11) is -2.50. The van der Waals surface area contributed by atoms with Gasteiger partial charge in [0.2, 0.25) is 0 Å². The Hall–Kier alpha value is -1.49. The van der Waals surface area contributed by atoms with Crippen molar-refractivity contribution >= 4 is 25.6 Å². The average Bonchev–Trinajstić information content (AvgIpc) is 2.16. The van der Waals surface area contributed by atoms with Crippen molar-refractivity contribution < 1.29 is 29.6 Å². The Bertz CT molecular complexity index is 381. The van der Waals surface area contributed by atoms with Crippen LogP contribution < -0.4 is 5.30 Å². The lowest BCUT2D eigenvalue weighted by molar-refractivity contribution is 0.0696. The predicted octanol–water partition coefficient (Wildman–Crippen LogP) is 0.00480. The Labute approximate surface area is 85.3 Å². The van der Waals surface area contributed by atoms with Crippen LogP contribution in [0.5, 0.6) is 0 Å². The standard InChI is InChI=1S/C8H7O6P/c9-7(10)4-1-5(8(11)12)3-6(2-4)15(13)14/h1-3,13-14H,(H,9,10)(H,11,12). The van der Waals surface area contributed by atoms with Gasteiger partial charge in [0.1, 0.15) is 0 Å². The molecule has 0 aromatic heterocycles. The minimum absolute atomic E-state index is 0.109. The number of carbonyl (C=O) groups is 2. The second kappa shape index (κ2) is 4.35. The summed E-state index contributed by atoms with van der Waals surface area (Å²) < 4.78 is 0. The molecule has 1 aromatic carbocycles. The van der Waals surface area contributed by atoms with Crippen molar-refractivity contribution in [2.45, 2.75) is 0 Å². The third kappa shape index (κ3) is 2.73. The number of rotatable bonds is 3. The summed E-state index contributed by atoms with van der Waals surface area (Å²) in [6.45, 7) is 0. The molecule has 1 rings (SSSR count). The van der Waals surface area contributed by atoms with Crippen molar-refractivity contribution in [2.24, 2.45) is 0 Å². The van der Waals surface area contributed by atoms with E-state index >= 15 is 0 Å². The normalized spacial score (nSPS) is 10.3. The molecule has 15 heavy (non-hydrogen) atoms. The van der Waals surface area contributed by atoms with Crippen LogP contribution in [-0.4, -0.2) is 31.9 Å². The molecule has 0 unspecified atom stereocenters. The van der Waals surface area contributed by atoms with Crippen LogP contribution in [0.2, 0.25) is 0 Å². The number of hydrogen-bond acceptors (Lipinski definition) is 4. The maximum atomic E-state index is 10.6. The molecule has 0 atom stereocenters. The van der Waals surface area contributed by atoms with E-state index in [0.717, 1.165) is 18.2 Å². The Morgan fingerprint density at radius 3 is 1.60 bits per heavy atom. The first kappa shape index (κ1) is 11.6. The Balaban J connectivity index is 3.32. The van der Waals surface area contributed by atoms with Crippen LogP contribution in [0.25, 0.3) is 0 Å². The molecule has 0 saturated heterocycles. The van der Waals surface area contributed by atoms with Crippen molar-refractivity contribution in [1.82, 2.24) is 0 Å². The van der Waals surface area contributed by atoms with E-state index in [2.05, 4.69) is 0 Å². The fraction of sp³-hybridized carbons (Fsp3) is 0. The highest BCUT2D eigenvalue weighted by molar-refractivity contribution is 7.54. The van der Waals surface area contributed by atoms with Crippen LogP contribution in [0.3, 0.4) is 0 Å². The second-order valence-electron chi connectivity index (χ2n) is 2.67. The van der Waals surface area contributed by atoms with E-state index in [1.807, 2.05) is 0 Å². The van der Waals surface area contributed by atoms with Crippen LogP contribution in [-0.2, 0) is 0 Å². The summed E-state index contributed by atoms with van der Waals surface area (Å²) in [6.07, 6.45) is 0. The van der Waals surface area contributed by atoms with E-state index in [9.17, 15) is 9.59 Å². The van der Waals surface area contributed by atoms with E-state index in [4.69, 9.17) is 20.0 Å². The van der Waals surface area contributed by atoms with Gasteiger partial charge in [-0.15, -0.1) is 0 Å². The van der Waals surface area contributed by atoms with Gasteiger partial charge in [0.15, 0.2) is 8.38 Å². The van der Waals surface area contributed by atoms with Crippen LogP contribution in [0.1, 0.15) is 20.7 Å². The first-order chi connectivity index (χ1) is 6.91. The van der Waals surface area contributed by atoms with E-state index in [0.29, 0.717) is 0 Å². The van der Waals surface area contributed by atoms with Crippen molar-refractivity contribution in [3.8, 4) is 0 Å². The van der Waals surface area contributed by atoms with Gasteiger partial charge < -0.3 is 20.0 Å². The first-order valence-corrected chi connectivity index (χ1v) is 4.96. The van der Waals surface area contributed by atoms with Gasteiger partial charge in [-0.25, -0.2) is 9.59 Å². The minimum atomic E-state index is -2.50. The summed E-state index contributed by atoms with van der Waals surface area (Å²) in [5, 5.41) is 17.2. The molecule has 0 heterocycles. The molecule has 0 spiro atoms. The molecule has 0 bridgehead atoms. The molecule has 0 radical (unpaired) electrons. The van der Waals surface area contributed by atoms with Crippen molar-refractivity contribution in [3.63, 3.8) is 0 Å². The lowest BCUT2D eigenvalue weighted by Gasteiger charge is -2.05. The van der Waals surface area contributed by atoms with Gasteiger partial charge in [-0.1, -0.05) is 0 Å². The Morgan fingerprint density at radius 1 is 0.933 bits per heavy atom. The highest BCUT2D eigenvalue weighted by Gasteiger charge is 2.14. The fourth-order valence-electron chi connectivity index (χ4n) is 0.974. The molecule has 0 saturated carbocycles. The zero-order valence-corrected chi connectivity index (χ0v) is 8.18. The van der Waals surface area contributed by atoms with Crippen molar-refractivity contribution in [2.75, 3.05) is 0 Å². The van der Waals surface area contributed by atoms with E-state index in [1.165, 1.54) is 0 Å². The van der Waals surface area contributed by atoms with Gasteiger partial charge in [-0.05, 0) is 18.2 Å². The van der Waals surface area contributed by atoms with Gasteiger partial charge in [-0.2, -0.15) is 0 Å². The fourth-order valence-corrected chi connectivity index (χ4v) is 1.48. The first-order valence-electron chi connectivity index (χ1n) is 3.71. The zero-order valence-electron chi connectivity index (χ0n) is 7.28. The van der Waals surface area contributed by atoms with Gasteiger partial charge >= 0.3 is 11.9 Å². The van der Waals surface area contributed by atoms with Crippen LogP contribution in [0, 0.1) is 0 Å². The number of carboxylic acid groups (broad SMARTS) is 2. The predicted molar refractivity (Wildman–Crippen MR) is 51.4 cm³/mol. The maximum absolute atomic E-state index is 10.6. The van der Waals surface area contributed by atoms with Gasteiger partial charge in [0.25, 0.3) is 0 Å². The summed E-state index contributed by atoms with van der Waals surface area (Å²) in [6, 6.07) is 3.01. The smallest absolute Gasteiger partial charge is 0.335 e. The van der Waals surface area contributed by atoms with Gasteiger partial charge in [-0.3, -0.25) is 0 Å². The third-order valence-corrected chi connectivity index (χ3v) is 2.36. The lowest BCUT2D eigenvalue weighted by atomic mass is 10.1. The Morgan fingerprint density at radius 2 is 1.33 bits per heavy atom.